The van der Waals surface area contributed by atoms with Crippen LogP contribution in [0.1, 0.15) is 17.2 Å². The fourth-order valence-electron chi connectivity index (χ4n) is 3.91. The molecule has 0 unspecified atom stereocenters. The lowest BCUT2D eigenvalue weighted by atomic mass is 9.90. The Hall–Kier alpha value is -2.58. The molecule has 162 valence electrons. The summed E-state index contributed by atoms with van der Waals surface area (Å²) in [6.07, 6.45) is -3.60. The molecule has 6 atom stereocenters. The van der Waals surface area contributed by atoms with Crippen LogP contribution < -0.4 is 0 Å². The van der Waals surface area contributed by atoms with Crippen molar-refractivity contribution in [1.29, 1.82) is 5.26 Å². The van der Waals surface area contributed by atoms with Gasteiger partial charge in [0.25, 0.3) is 0 Å². The lowest BCUT2D eigenvalue weighted by Crippen LogP contribution is -2.62. The van der Waals surface area contributed by atoms with E-state index in [1.807, 2.05) is 30.3 Å². The zero-order chi connectivity index (χ0) is 22.1. The van der Waals surface area contributed by atoms with Crippen molar-refractivity contribution >= 4 is 18.3 Å². The Balaban J connectivity index is 1.86. The fourth-order valence-corrected chi connectivity index (χ4v) is 4.32. The van der Waals surface area contributed by atoms with E-state index in [4.69, 9.17) is 9.15 Å². The predicted molar refractivity (Wildman–Crippen MR) is 113 cm³/mol. The summed E-state index contributed by atoms with van der Waals surface area (Å²) >= 11 is 4.60. The van der Waals surface area contributed by atoms with Gasteiger partial charge in [0.1, 0.15) is 30.2 Å². The molecule has 2 aliphatic rings. The molecule has 0 saturated carbocycles. The number of aliphatic hydroxyl groups excluding tert-OH is 4. The van der Waals surface area contributed by atoms with Gasteiger partial charge in [-0.1, -0.05) is 30.3 Å². The zero-order valence-corrected chi connectivity index (χ0v) is 17.2. The fraction of sp³-hybridized carbons (Fsp3) is 0.318. The van der Waals surface area contributed by atoms with Gasteiger partial charge >= 0.3 is 0 Å². The number of furan rings is 1. The quantitative estimate of drug-likeness (QED) is 0.447. The minimum atomic E-state index is -1.57. The van der Waals surface area contributed by atoms with Crippen LogP contribution in [0.2, 0.25) is 0 Å². The SMILES string of the molecule is N#CC1=C(S)N([C@@H]2O[C@@H](CO)[C@@H](O)[C@@H](O)[C@H]2O)C(c2ccccc2)=C[C@H]1c1ccco1. The lowest BCUT2D eigenvalue weighted by Gasteiger charge is -2.47. The van der Waals surface area contributed by atoms with Crippen LogP contribution in [0.25, 0.3) is 5.70 Å². The Morgan fingerprint density at radius 2 is 1.77 bits per heavy atom. The summed E-state index contributed by atoms with van der Waals surface area (Å²) < 4.78 is 11.3. The summed E-state index contributed by atoms with van der Waals surface area (Å²) in [7, 11) is 0. The number of hydrogen-bond donors (Lipinski definition) is 5. The van der Waals surface area contributed by atoms with Gasteiger partial charge in [-0.05, 0) is 23.8 Å². The molecule has 4 N–H and O–H groups in total. The molecule has 0 spiro atoms. The summed E-state index contributed by atoms with van der Waals surface area (Å²) in [5, 5.41) is 50.9. The van der Waals surface area contributed by atoms with Gasteiger partial charge in [0.2, 0.25) is 0 Å². The number of allylic oxidation sites excluding steroid dienone is 2. The third-order valence-electron chi connectivity index (χ3n) is 5.53. The molecule has 1 fully saturated rings. The van der Waals surface area contributed by atoms with Gasteiger partial charge in [-0.15, -0.1) is 12.6 Å². The second-order valence-corrected chi connectivity index (χ2v) is 7.77. The number of benzene rings is 1. The summed E-state index contributed by atoms with van der Waals surface area (Å²) in [6.45, 7) is -0.564. The highest BCUT2D eigenvalue weighted by atomic mass is 32.1. The second-order valence-electron chi connectivity index (χ2n) is 7.35. The van der Waals surface area contributed by atoms with Gasteiger partial charge < -0.3 is 34.5 Å². The first-order valence-corrected chi connectivity index (χ1v) is 10.2. The van der Waals surface area contributed by atoms with Crippen LogP contribution in [-0.4, -0.2) is 62.6 Å². The maximum Gasteiger partial charge on any atom is 0.164 e. The van der Waals surface area contributed by atoms with Crippen molar-refractivity contribution in [2.75, 3.05) is 6.61 Å². The second kappa shape index (κ2) is 8.88. The first kappa shape index (κ1) is 21.6. The smallest absolute Gasteiger partial charge is 0.164 e. The maximum absolute atomic E-state index is 10.7. The highest BCUT2D eigenvalue weighted by Crippen LogP contribution is 2.44. The number of nitrogens with zero attached hydrogens (tertiary/aromatic N) is 2. The topological polar surface area (TPSA) is 130 Å². The molecule has 8 nitrogen and oxygen atoms in total. The zero-order valence-electron chi connectivity index (χ0n) is 16.3. The van der Waals surface area contributed by atoms with Crippen LogP contribution >= 0.6 is 12.6 Å². The number of aliphatic hydroxyl groups is 4. The van der Waals surface area contributed by atoms with E-state index >= 15 is 0 Å². The van der Waals surface area contributed by atoms with Crippen LogP contribution in [0.5, 0.6) is 0 Å². The number of hydrogen-bond acceptors (Lipinski definition) is 9. The van der Waals surface area contributed by atoms with Crippen LogP contribution in [0.15, 0.2) is 69.8 Å². The van der Waals surface area contributed by atoms with E-state index in [-0.39, 0.29) is 10.6 Å². The molecule has 0 radical (unpaired) electrons. The van der Waals surface area contributed by atoms with Crippen LogP contribution in [0.4, 0.5) is 0 Å². The molecule has 0 bridgehead atoms. The van der Waals surface area contributed by atoms with Crippen molar-refractivity contribution in [3.8, 4) is 6.07 Å². The third kappa shape index (κ3) is 3.78. The third-order valence-corrected chi connectivity index (χ3v) is 5.98. The van der Waals surface area contributed by atoms with E-state index in [0.29, 0.717) is 11.5 Å². The van der Waals surface area contributed by atoms with Crippen molar-refractivity contribution < 1.29 is 29.6 Å². The minimum absolute atomic E-state index is 0.203. The number of nitriles is 1. The van der Waals surface area contributed by atoms with Gasteiger partial charge in [-0.3, -0.25) is 0 Å². The van der Waals surface area contributed by atoms with Crippen molar-refractivity contribution in [2.24, 2.45) is 0 Å². The van der Waals surface area contributed by atoms with Gasteiger partial charge in [0, 0.05) is 5.70 Å². The van der Waals surface area contributed by atoms with Gasteiger partial charge in [0.15, 0.2) is 6.23 Å². The van der Waals surface area contributed by atoms with Crippen LogP contribution in [0.3, 0.4) is 0 Å². The van der Waals surface area contributed by atoms with Gasteiger partial charge in [0.05, 0.1) is 35.5 Å². The molecule has 2 aliphatic heterocycles. The van der Waals surface area contributed by atoms with Gasteiger partial charge in [-0.25, -0.2) is 0 Å². The number of thiol groups is 1. The molecule has 3 heterocycles. The maximum atomic E-state index is 10.7. The summed E-state index contributed by atoms with van der Waals surface area (Å²) in [6, 6.07) is 14.9. The van der Waals surface area contributed by atoms with E-state index in [0.717, 1.165) is 5.56 Å². The number of ether oxygens (including phenoxy) is 1. The molecular formula is C22H22N2O6S. The van der Waals surface area contributed by atoms with Crippen molar-refractivity contribution in [2.45, 2.75) is 36.6 Å². The molecule has 1 aromatic heterocycles. The molecule has 4 rings (SSSR count). The minimum Gasteiger partial charge on any atom is -0.468 e. The molecule has 2 aromatic rings. The van der Waals surface area contributed by atoms with Crippen molar-refractivity contribution in [3.63, 3.8) is 0 Å². The van der Waals surface area contributed by atoms with E-state index in [2.05, 4.69) is 18.7 Å². The summed E-state index contributed by atoms with van der Waals surface area (Å²) in [5.41, 5.74) is 1.57. The monoisotopic (exact) mass is 442 g/mol. The normalized spacial score (nSPS) is 31.4. The molecular weight excluding hydrogens is 420 g/mol. The molecule has 1 saturated heterocycles. The Kier molecular flexibility index (Phi) is 6.20. The Bertz CT molecular complexity index is 1010. The van der Waals surface area contributed by atoms with Crippen LogP contribution in [0, 0.1) is 11.3 Å². The highest BCUT2D eigenvalue weighted by molar-refractivity contribution is 7.84. The molecule has 0 amide bonds. The van der Waals surface area contributed by atoms with E-state index < -0.39 is 43.2 Å². The number of rotatable bonds is 4. The van der Waals surface area contributed by atoms with E-state index in [1.165, 1.54) is 11.2 Å². The van der Waals surface area contributed by atoms with Crippen molar-refractivity contribution in [1.82, 2.24) is 4.90 Å². The predicted octanol–water partition coefficient (Wildman–Crippen LogP) is 1.18. The van der Waals surface area contributed by atoms with Crippen LogP contribution in [-0.2, 0) is 4.74 Å². The standard InChI is InChI=1S/C22H22N2O6S/c23-10-14-13(16-7-4-8-29-16)9-15(12-5-2-1-3-6-12)24(22(14)31)21-20(28)19(27)18(26)17(11-25)30-21/h1-9,13,17-21,25-28,31H,11H2/t13-,17+,18-,19-,20-,21-/m1/s1. The molecule has 0 aliphatic carbocycles. The Labute approximate surface area is 184 Å². The largest absolute Gasteiger partial charge is 0.468 e. The average Bonchev–Trinajstić information content (AvgIpc) is 3.33. The Morgan fingerprint density at radius 1 is 1.03 bits per heavy atom. The van der Waals surface area contributed by atoms with E-state index in [1.54, 1.807) is 18.2 Å². The first-order chi connectivity index (χ1) is 15.0. The lowest BCUT2D eigenvalue weighted by molar-refractivity contribution is -0.252. The van der Waals surface area contributed by atoms with Gasteiger partial charge in [-0.2, -0.15) is 5.26 Å². The summed E-state index contributed by atoms with van der Waals surface area (Å²) in [4.78, 5) is 1.50. The Morgan fingerprint density at radius 3 is 2.39 bits per heavy atom. The average molecular weight is 442 g/mol. The van der Waals surface area contributed by atoms with Crippen molar-refractivity contribution in [3.05, 3.63) is 76.7 Å². The molecule has 9 heteroatoms. The molecule has 31 heavy (non-hydrogen) atoms. The molecule has 1 aromatic carbocycles. The summed E-state index contributed by atoms with van der Waals surface area (Å²) in [5.74, 6) is 0.0221. The first-order valence-electron chi connectivity index (χ1n) is 9.71. The van der Waals surface area contributed by atoms with E-state index in [9.17, 15) is 25.7 Å². The highest BCUT2D eigenvalue weighted by Gasteiger charge is 2.48.